The van der Waals surface area contributed by atoms with Crippen molar-refractivity contribution in [2.75, 3.05) is 31.2 Å². The van der Waals surface area contributed by atoms with Gasteiger partial charge in [-0.2, -0.15) is 0 Å². The maximum atomic E-state index is 13.1. The predicted octanol–water partition coefficient (Wildman–Crippen LogP) is 3.87. The zero-order valence-electron chi connectivity index (χ0n) is 17.1. The van der Waals surface area contributed by atoms with Crippen LogP contribution in [-0.4, -0.2) is 52.5 Å². The molecule has 156 valence electrons. The Hall–Kier alpha value is -2.64. The van der Waals surface area contributed by atoms with Crippen molar-refractivity contribution in [3.8, 4) is 0 Å². The molecule has 2 unspecified atom stereocenters. The summed E-state index contributed by atoms with van der Waals surface area (Å²) in [5.41, 5.74) is 2.84. The summed E-state index contributed by atoms with van der Waals surface area (Å²) in [5, 5.41) is 0.501. The van der Waals surface area contributed by atoms with E-state index < -0.39 is 0 Å². The Bertz CT molecular complexity index is 911. The lowest BCUT2D eigenvalue weighted by Gasteiger charge is -2.28. The van der Waals surface area contributed by atoms with E-state index in [2.05, 4.69) is 28.6 Å². The Morgan fingerprint density at radius 1 is 1.27 bits per heavy atom. The van der Waals surface area contributed by atoms with Crippen molar-refractivity contribution in [1.29, 1.82) is 0 Å². The molecule has 1 aromatic heterocycles. The van der Waals surface area contributed by atoms with E-state index in [1.165, 1.54) is 17.4 Å². The van der Waals surface area contributed by atoms with E-state index in [4.69, 9.17) is 9.73 Å². The molecule has 7 heteroatoms. The number of nitrogens with zero attached hydrogens (tertiary/aromatic N) is 4. The average Bonchev–Trinajstić information content (AvgIpc) is 3.10. The molecule has 2 atom stereocenters. The molecule has 1 amide bonds. The van der Waals surface area contributed by atoms with Gasteiger partial charge in [-0.3, -0.25) is 14.7 Å². The number of carbonyl (C=O) groups excluding carboxylic acids is 1. The van der Waals surface area contributed by atoms with Gasteiger partial charge in [-0.05, 0) is 42.3 Å². The summed E-state index contributed by atoms with van der Waals surface area (Å²) < 4.78 is 5.43. The van der Waals surface area contributed by atoms with Crippen LogP contribution in [0.2, 0.25) is 0 Å². The Balaban J connectivity index is 1.57. The largest absolute Gasteiger partial charge is 0.378 e. The van der Waals surface area contributed by atoms with E-state index in [0.717, 1.165) is 37.7 Å². The minimum Gasteiger partial charge on any atom is -0.378 e. The number of benzene rings is 1. The van der Waals surface area contributed by atoms with Crippen molar-refractivity contribution >= 4 is 34.2 Å². The Kier molecular flexibility index (Phi) is 6.50. The number of rotatable bonds is 6. The van der Waals surface area contributed by atoms with Gasteiger partial charge in [0.15, 0.2) is 5.17 Å². The van der Waals surface area contributed by atoms with E-state index in [-0.39, 0.29) is 17.1 Å². The van der Waals surface area contributed by atoms with Crippen LogP contribution in [0.1, 0.15) is 12.6 Å². The monoisotopic (exact) mass is 422 g/mol. The summed E-state index contributed by atoms with van der Waals surface area (Å²) in [5.74, 6) is 0.117. The van der Waals surface area contributed by atoms with Crippen molar-refractivity contribution < 1.29 is 9.53 Å². The van der Waals surface area contributed by atoms with Crippen molar-refractivity contribution in [1.82, 2.24) is 9.88 Å². The fourth-order valence-electron chi connectivity index (χ4n) is 3.49. The summed E-state index contributed by atoms with van der Waals surface area (Å²) in [7, 11) is 0. The number of aliphatic imine (C=N–C) groups is 1. The molecule has 2 saturated heterocycles. The number of amidine groups is 1. The molecule has 3 heterocycles. The summed E-state index contributed by atoms with van der Waals surface area (Å²) in [6, 6.07) is 13.9. The molecule has 30 heavy (non-hydrogen) atoms. The quantitative estimate of drug-likeness (QED) is 0.662. The van der Waals surface area contributed by atoms with Crippen LogP contribution in [0, 0.1) is 5.92 Å². The lowest BCUT2D eigenvalue weighted by Crippen LogP contribution is -2.36. The van der Waals surface area contributed by atoms with Gasteiger partial charge in [0.05, 0.1) is 36.4 Å². The first-order chi connectivity index (χ1) is 14.7. The molecule has 6 nitrogen and oxygen atoms in total. The highest BCUT2D eigenvalue weighted by molar-refractivity contribution is 8.15. The highest BCUT2D eigenvalue weighted by Gasteiger charge is 2.40. The lowest BCUT2D eigenvalue weighted by molar-refractivity contribution is -0.127. The molecule has 1 aromatic carbocycles. The number of ether oxygens (including phenoxy) is 1. The van der Waals surface area contributed by atoms with Gasteiger partial charge in [0.25, 0.3) is 0 Å². The molecule has 2 aliphatic rings. The van der Waals surface area contributed by atoms with Crippen LogP contribution in [-0.2, 0) is 16.1 Å². The standard InChI is InChI=1S/C23H26N4O2S/c1-3-17(2)21-22(28)27(16-19-6-4-5-11-24-19)23(30-21)25-18-7-9-20(10-8-18)26-12-14-29-15-13-26/h3-11,17,21H,1,12-16H2,2H3. The molecule has 2 aliphatic heterocycles. The van der Waals surface area contributed by atoms with Crippen LogP contribution in [0.4, 0.5) is 11.4 Å². The third-order valence-corrected chi connectivity index (χ3v) is 6.73. The highest BCUT2D eigenvalue weighted by atomic mass is 32.2. The molecule has 0 radical (unpaired) electrons. The average molecular weight is 423 g/mol. The summed E-state index contributed by atoms with van der Waals surface area (Å²) >= 11 is 1.51. The molecule has 0 spiro atoms. The number of carbonyl (C=O) groups is 1. The normalized spacial score (nSPS) is 21.8. The third-order valence-electron chi connectivity index (χ3n) is 5.32. The first-order valence-electron chi connectivity index (χ1n) is 10.2. The maximum absolute atomic E-state index is 13.1. The SMILES string of the molecule is C=CC(C)C1SC(=Nc2ccc(N3CCOCC3)cc2)N(Cc2ccccn2)C1=O. The number of morpholine rings is 1. The van der Waals surface area contributed by atoms with Crippen molar-refractivity contribution in [3.05, 3.63) is 67.0 Å². The number of allylic oxidation sites excluding steroid dienone is 1. The fraction of sp³-hybridized carbons (Fsp3) is 0.348. The van der Waals surface area contributed by atoms with Crippen LogP contribution in [0.3, 0.4) is 0 Å². The van der Waals surface area contributed by atoms with Crippen LogP contribution in [0.5, 0.6) is 0 Å². The number of anilines is 1. The number of aromatic nitrogens is 1. The van der Waals surface area contributed by atoms with Crippen molar-refractivity contribution in [2.24, 2.45) is 10.9 Å². The third kappa shape index (κ3) is 4.57. The molecule has 0 saturated carbocycles. The number of pyridine rings is 1. The fourth-order valence-corrected chi connectivity index (χ4v) is 4.71. The van der Waals surface area contributed by atoms with Crippen molar-refractivity contribution in [3.63, 3.8) is 0 Å². The number of amides is 1. The number of thioether (sulfide) groups is 1. The molecule has 2 fully saturated rings. The van der Waals surface area contributed by atoms with Gasteiger partial charge in [0.2, 0.25) is 5.91 Å². The molecule has 0 aliphatic carbocycles. The molecule has 0 N–H and O–H groups in total. The van der Waals surface area contributed by atoms with Gasteiger partial charge in [-0.15, -0.1) is 6.58 Å². The molecular weight excluding hydrogens is 396 g/mol. The minimum absolute atomic E-state index is 0.0572. The second kappa shape index (κ2) is 9.45. The molecular formula is C23H26N4O2S. The van der Waals surface area contributed by atoms with Crippen LogP contribution >= 0.6 is 11.8 Å². The van der Waals surface area contributed by atoms with E-state index >= 15 is 0 Å². The van der Waals surface area contributed by atoms with E-state index in [0.29, 0.717) is 11.7 Å². The van der Waals surface area contributed by atoms with Gasteiger partial charge in [-0.25, -0.2) is 4.99 Å². The smallest absolute Gasteiger partial charge is 0.243 e. The summed E-state index contributed by atoms with van der Waals surface area (Å²) in [6.45, 7) is 9.61. The van der Waals surface area contributed by atoms with Crippen LogP contribution < -0.4 is 4.90 Å². The van der Waals surface area contributed by atoms with E-state index in [1.54, 1.807) is 11.1 Å². The van der Waals surface area contributed by atoms with Gasteiger partial charge >= 0.3 is 0 Å². The summed E-state index contributed by atoms with van der Waals surface area (Å²) in [4.78, 5) is 26.4. The second-order valence-corrected chi connectivity index (χ2v) is 8.50. The van der Waals surface area contributed by atoms with Crippen LogP contribution in [0.25, 0.3) is 0 Å². The molecule has 4 rings (SSSR count). The minimum atomic E-state index is -0.211. The topological polar surface area (TPSA) is 58.0 Å². The molecule has 2 aromatic rings. The Labute approximate surface area is 181 Å². The van der Waals surface area contributed by atoms with Crippen molar-refractivity contribution in [2.45, 2.75) is 18.7 Å². The Morgan fingerprint density at radius 2 is 2.03 bits per heavy atom. The first kappa shape index (κ1) is 20.6. The van der Waals surface area contributed by atoms with E-state index in [1.807, 2.05) is 43.3 Å². The molecule has 0 bridgehead atoms. The predicted molar refractivity (Wildman–Crippen MR) is 122 cm³/mol. The lowest BCUT2D eigenvalue weighted by atomic mass is 10.1. The van der Waals surface area contributed by atoms with Gasteiger partial charge in [0.1, 0.15) is 0 Å². The highest BCUT2D eigenvalue weighted by Crippen LogP contribution is 2.35. The van der Waals surface area contributed by atoms with Gasteiger partial charge < -0.3 is 9.64 Å². The zero-order valence-corrected chi connectivity index (χ0v) is 17.9. The summed E-state index contributed by atoms with van der Waals surface area (Å²) in [6.07, 6.45) is 3.57. The maximum Gasteiger partial charge on any atom is 0.243 e. The second-order valence-electron chi connectivity index (χ2n) is 7.39. The number of hydrogen-bond donors (Lipinski definition) is 0. The van der Waals surface area contributed by atoms with Gasteiger partial charge in [-0.1, -0.05) is 30.8 Å². The van der Waals surface area contributed by atoms with Gasteiger partial charge in [0, 0.05) is 25.0 Å². The first-order valence-corrected chi connectivity index (χ1v) is 11.1. The van der Waals surface area contributed by atoms with Crippen LogP contribution in [0.15, 0.2) is 66.3 Å². The Morgan fingerprint density at radius 3 is 2.70 bits per heavy atom. The number of hydrogen-bond acceptors (Lipinski definition) is 6. The zero-order chi connectivity index (χ0) is 20.9. The van der Waals surface area contributed by atoms with E-state index in [9.17, 15) is 4.79 Å².